The maximum Gasteiger partial charge on any atom is 0.125 e. The number of aliphatic hydroxyl groups excluding tert-OH is 1. The average molecular weight is 250 g/mol. The van der Waals surface area contributed by atoms with Crippen LogP contribution in [-0.4, -0.2) is 24.4 Å². The van der Waals surface area contributed by atoms with Gasteiger partial charge in [-0.15, -0.1) is 0 Å². The highest BCUT2D eigenvalue weighted by Gasteiger charge is 2.33. The van der Waals surface area contributed by atoms with E-state index < -0.39 is 6.10 Å². The van der Waals surface area contributed by atoms with Gasteiger partial charge in [0.05, 0.1) is 12.7 Å². The fourth-order valence-electron chi connectivity index (χ4n) is 2.48. The molecule has 1 aliphatic rings. The Kier molecular flexibility index (Phi) is 4.25. The first-order valence-corrected chi connectivity index (χ1v) is 6.66. The summed E-state index contributed by atoms with van der Waals surface area (Å²) >= 11 is 0. The highest BCUT2D eigenvalue weighted by atomic mass is 16.5. The molecule has 0 amide bonds. The molecule has 0 aliphatic carbocycles. The lowest BCUT2D eigenvalue weighted by molar-refractivity contribution is -0.0189. The van der Waals surface area contributed by atoms with E-state index in [1.165, 1.54) is 0 Å². The molecule has 100 valence electrons. The topological polar surface area (TPSA) is 38.7 Å². The Labute approximate surface area is 109 Å². The van der Waals surface area contributed by atoms with E-state index in [0.29, 0.717) is 12.5 Å². The molecule has 1 saturated heterocycles. The summed E-state index contributed by atoms with van der Waals surface area (Å²) in [5.74, 6) is 1.15. The summed E-state index contributed by atoms with van der Waals surface area (Å²) in [6.07, 6.45) is 0.285. The van der Waals surface area contributed by atoms with Crippen molar-refractivity contribution in [2.45, 2.75) is 39.4 Å². The van der Waals surface area contributed by atoms with Crippen LogP contribution in [0.15, 0.2) is 18.2 Å². The van der Waals surface area contributed by atoms with Crippen LogP contribution >= 0.6 is 0 Å². The Hall–Kier alpha value is -1.06. The summed E-state index contributed by atoms with van der Waals surface area (Å²) in [7, 11) is 0. The molecule has 0 aromatic heterocycles. The van der Waals surface area contributed by atoms with Crippen molar-refractivity contribution in [1.82, 2.24) is 0 Å². The minimum Gasteiger partial charge on any atom is -0.493 e. The largest absolute Gasteiger partial charge is 0.493 e. The summed E-state index contributed by atoms with van der Waals surface area (Å²) in [6.45, 7) is 7.43. The van der Waals surface area contributed by atoms with E-state index in [-0.39, 0.29) is 6.10 Å². The zero-order chi connectivity index (χ0) is 13.1. The van der Waals surface area contributed by atoms with Gasteiger partial charge in [0.15, 0.2) is 0 Å². The van der Waals surface area contributed by atoms with Crippen molar-refractivity contribution in [1.29, 1.82) is 0 Å². The van der Waals surface area contributed by atoms with E-state index >= 15 is 0 Å². The van der Waals surface area contributed by atoms with Crippen LogP contribution in [0.5, 0.6) is 5.75 Å². The number of ether oxygens (including phenoxy) is 2. The second-order valence-electron chi connectivity index (χ2n) is 5.02. The van der Waals surface area contributed by atoms with E-state index in [2.05, 4.69) is 6.92 Å². The lowest BCUT2D eigenvalue weighted by Gasteiger charge is -2.24. The number of benzene rings is 1. The van der Waals surface area contributed by atoms with E-state index in [9.17, 15) is 5.11 Å². The summed E-state index contributed by atoms with van der Waals surface area (Å²) in [5.41, 5.74) is 1.97. The van der Waals surface area contributed by atoms with Crippen molar-refractivity contribution >= 4 is 0 Å². The molecule has 1 aromatic rings. The zero-order valence-electron chi connectivity index (χ0n) is 11.3. The smallest absolute Gasteiger partial charge is 0.125 e. The molecule has 3 atom stereocenters. The third-order valence-electron chi connectivity index (χ3n) is 3.54. The van der Waals surface area contributed by atoms with Gasteiger partial charge >= 0.3 is 0 Å². The summed E-state index contributed by atoms with van der Waals surface area (Å²) in [6, 6.07) is 5.92. The van der Waals surface area contributed by atoms with Crippen LogP contribution in [-0.2, 0) is 4.74 Å². The molecule has 1 fully saturated rings. The molecule has 18 heavy (non-hydrogen) atoms. The van der Waals surface area contributed by atoms with Crippen LogP contribution in [0.1, 0.15) is 37.5 Å². The first-order chi connectivity index (χ1) is 8.63. The fourth-order valence-corrected chi connectivity index (χ4v) is 2.48. The Morgan fingerprint density at radius 3 is 2.89 bits per heavy atom. The minimum atomic E-state index is -0.607. The molecule has 0 spiro atoms. The van der Waals surface area contributed by atoms with Gasteiger partial charge in [-0.3, -0.25) is 0 Å². The zero-order valence-corrected chi connectivity index (χ0v) is 11.3. The van der Waals surface area contributed by atoms with Gasteiger partial charge in [0, 0.05) is 12.2 Å². The summed E-state index contributed by atoms with van der Waals surface area (Å²) < 4.78 is 11.2. The van der Waals surface area contributed by atoms with Crippen LogP contribution in [0.4, 0.5) is 0 Å². The fraction of sp³-hybridized carbons (Fsp3) is 0.600. The maximum absolute atomic E-state index is 10.5. The van der Waals surface area contributed by atoms with Crippen molar-refractivity contribution in [3.63, 3.8) is 0 Å². The monoisotopic (exact) mass is 250 g/mol. The van der Waals surface area contributed by atoms with Crippen molar-refractivity contribution in [3.05, 3.63) is 29.3 Å². The van der Waals surface area contributed by atoms with E-state index in [4.69, 9.17) is 9.47 Å². The minimum absolute atomic E-state index is 0.119. The first-order valence-electron chi connectivity index (χ1n) is 6.66. The number of hydrogen-bond acceptors (Lipinski definition) is 3. The van der Waals surface area contributed by atoms with Crippen LogP contribution in [0.3, 0.4) is 0 Å². The van der Waals surface area contributed by atoms with Crippen LogP contribution in [0, 0.1) is 12.8 Å². The van der Waals surface area contributed by atoms with Crippen LogP contribution in [0.2, 0.25) is 0 Å². The molecule has 3 heteroatoms. The lowest BCUT2D eigenvalue weighted by Crippen LogP contribution is -2.23. The van der Waals surface area contributed by atoms with Crippen LogP contribution in [0.25, 0.3) is 0 Å². The predicted molar refractivity (Wildman–Crippen MR) is 70.8 cm³/mol. The maximum atomic E-state index is 10.5. The molecule has 2 rings (SSSR count). The summed E-state index contributed by atoms with van der Waals surface area (Å²) in [4.78, 5) is 0. The van der Waals surface area contributed by atoms with Gasteiger partial charge in [-0.25, -0.2) is 0 Å². The second kappa shape index (κ2) is 5.72. The molecule has 0 radical (unpaired) electrons. The number of rotatable bonds is 4. The van der Waals surface area contributed by atoms with Gasteiger partial charge < -0.3 is 14.6 Å². The molecule has 1 heterocycles. The standard InChI is InChI=1S/C15H22O3/c1-4-17-13-6-5-10(2)9-12(13)14(16)15-11(3)7-8-18-15/h5-6,9,11,14-16H,4,7-8H2,1-3H3. The molecule has 0 saturated carbocycles. The Morgan fingerprint density at radius 1 is 1.50 bits per heavy atom. The Balaban J connectivity index is 2.27. The molecular weight excluding hydrogens is 228 g/mol. The van der Waals surface area contributed by atoms with Crippen LogP contribution < -0.4 is 4.74 Å². The molecule has 3 nitrogen and oxygen atoms in total. The van der Waals surface area contributed by atoms with Crippen molar-refractivity contribution < 1.29 is 14.6 Å². The SMILES string of the molecule is CCOc1ccc(C)cc1C(O)C1OCCC1C. The lowest BCUT2D eigenvalue weighted by atomic mass is 9.93. The molecule has 1 aliphatic heterocycles. The molecular formula is C15H22O3. The number of aliphatic hydroxyl groups is 1. The average Bonchev–Trinajstić information content (AvgIpc) is 2.77. The van der Waals surface area contributed by atoms with Gasteiger partial charge in [-0.05, 0) is 38.3 Å². The highest BCUT2D eigenvalue weighted by molar-refractivity contribution is 5.39. The third-order valence-corrected chi connectivity index (χ3v) is 3.54. The first kappa shape index (κ1) is 13.4. The van der Waals surface area contributed by atoms with E-state index in [1.54, 1.807) is 0 Å². The highest BCUT2D eigenvalue weighted by Crippen LogP contribution is 2.35. The third kappa shape index (κ3) is 2.68. The molecule has 1 N–H and O–H groups in total. The number of hydrogen-bond donors (Lipinski definition) is 1. The normalized spacial score (nSPS) is 25.1. The Morgan fingerprint density at radius 2 is 2.28 bits per heavy atom. The van der Waals surface area contributed by atoms with Gasteiger partial charge in [-0.2, -0.15) is 0 Å². The van der Waals surface area contributed by atoms with E-state index in [0.717, 1.165) is 29.9 Å². The molecule has 0 bridgehead atoms. The molecule has 1 aromatic carbocycles. The van der Waals surface area contributed by atoms with Gasteiger partial charge in [0.2, 0.25) is 0 Å². The molecule has 3 unspecified atom stereocenters. The Bertz CT molecular complexity index is 403. The van der Waals surface area contributed by atoms with Crippen molar-refractivity contribution in [2.75, 3.05) is 13.2 Å². The predicted octanol–water partition coefficient (Wildman–Crippen LogP) is 2.85. The van der Waals surface area contributed by atoms with Gasteiger partial charge in [-0.1, -0.05) is 18.6 Å². The van der Waals surface area contributed by atoms with Gasteiger partial charge in [0.25, 0.3) is 0 Å². The number of aryl methyl sites for hydroxylation is 1. The second-order valence-corrected chi connectivity index (χ2v) is 5.02. The van der Waals surface area contributed by atoms with Crippen molar-refractivity contribution in [2.24, 2.45) is 5.92 Å². The van der Waals surface area contributed by atoms with Gasteiger partial charge in [0.1, 0.15) is 11.9 Å². The van der Waals surface area contributed by atoms with E-state index in [1.807, 2.05) is 32.0 Å². The van der Waals surface area contributed by atoms with Crippen molar-refractivity contribution in [3.8, 4) is 5.75 Å². The summed E-state index contributed by atoms with van der Waals surface area (Å²) in [5, 5.41) is 10.5. The quantitative estimate of drug-likeness (QED) is 0.893.